The zero-order chi connectivity index (χ0) is 11.7. The highest BCUT2D eigenvalue weighted by Crippen LogP contribution is 2.32. The summed E-state index contributed by atoms with van der Waals surface area (Å²) in [6, 6.07) is 8.13. The highest BCUT2D eigenvalue weighted by atomic mass is 16.5. The molecule has 1 aliphatic heterocycles. The summed E-state index contributed by atoms with van der Waals surface area (Å²) in [6.45, 7) is 0.609. The van der Waals surface area contributed by atoms with Crippen LogP contribution in [0.2, 0.25) is 0 Å². The maximum atomic E-state index is 5.65. The third-order valence-corrected chi connectivity index (χ3v) is 2.92. The first-order valence-corrected chi connectivity index (χ1v) is 5.56. The lowest BCUT2D eigenvalue weighted by Crippen LogP contribution is -2.13. The summed E-state index contributed by atoms with van der Waals surface area (Å²) in [5.41, 5.74) is 4.39. The number of fused-ring (bicyclic) bond motifs is 1. The van der Waals surface area contributed by atoms with Gasteiger partial charge in [-0.2, -0.15) is 0 Å². The van der Waals surface area contributed by atoms with Crippen LogP contribution in [0.4, 0.5) is 0 Å². The van der Waals surface area contributed by atoms with Gasteiger partial charge in [0.1, 0.15) is 12.4 Å². The second kappa shape index (κ2) is 4.01. The van der Waals surface area contributed by atoms with Gasteiger partial charge in [0.25, 0.3) is 0 Å². The van der Waals surface area contributed by atoms with Crippen molar-refractivity contribution in [2.24, 2.45) is 0 Å². The van der Waals surface area contributed by atoms with Crippen molar-refractivity contribution in [1.29, 1.82) is 0 Å². The van der Waals surface area contributed by atoms with Crippen LogP contribution in [-0.4, -0.2) is 13.7 Å². The molecule has 2 heterocycles. The fourth-order valence-corrected chi connectivity index (χ4v) is 2.03. The third kappa shape index (κ3) is 1.69. The Morgan fingerprint density at radius 2 is 2.12 bits per heavy atom. The SMILES string of the molecule is CNC1=CCOc2cc(-c3ccoc3)ccc21. The minimum absolute atomic E-state index is 0.609. The van der Waals surface area contributed by atoms with Crippen LogP contribution in [0.3, 0.4) is 0 Å². The summed E-state index contributed by atoms with van der Waals surface area (Å²) in [6.07, 6.45) is 5.45. The molecule has 1 aliphatic rings. The monoisotopic (exact) mass is 227 g/mol. The van der Waals surface area contributed by atoms with E-state index in [9.17, 15) is 0 Å². The molecule has 0 fully saturated rings. The lowest BCUT2D eigenvalue weighted by molar-refractivity contribution is 0.356. The molecule has 0 atom stereocenters. The lowest BCUT2D eigenvalue weighted by atomic mass is 10.0. The highest BCUT2D eigenvalue weighted by Gasteiger charge is 2.13. The highest BCUT2D eigenvalue weighted by molar-refractivity contribution is 5.75. The predicted octanol–water partition coefficient (Wildman–Crippen LogP) is 2.90. The second-order valence-electron chi connectivity index (χ2n) is 3.90. The molecule has 0 spiro atoms. The Bertz CT molecular complexity index is 556. The molecule has 3 nitrogen and oxygen atoms in total. The molecular formula is C14H13NO2. The molecule has 17 heavy (non-hydrogen) atoms. The lowest BCUT2D eigenvalue weighted by Gasteiger charge is -2.19. The molecule has 0 aliphatic carbocycles. The quantitative estimate of drug-likeness (QED) is 0.856. The molecule has 0 saturated heterocycles. The molecule has 86 valence electrons. The summed E-state index contributed by atoms with van der Waals surface area (Å²) < 4.78 is 10.7. The smallest absolute Gasteiger partial charge is 0.129 e. The van der Waals surface area contributed by atoms with Crippen LogP contribution < -0.4 is 10.1 Å². The van der Waals surface area contributed by atoms with Crippen LogP contribution in [0.15, 0.2) is 47.3 Å². The van der Waals surface area contributed by atoms with Crippen molar-refractivity contribution in [3.8, 4) is 16.9 Å². The van der Waals surface area contributed by atoms with Gasteiger partial charge < -0.3 is 14.5 Å². The van der Waals surface area contributed by atoms with E-state index in [0.29, 0.717) is 6.61 Å². The number of hydrogen-bond donors (Lipinski definition) is 1. The maximum absolute atomic E-state index is 5.65. The summed E-state index contributed by atoms with van der Waals surface area (Å²) in [4.78, 5) is 0. The third-order valence-electron chi connectivity index (χ3n) is 2.92. The molecular weight excluding hydrogens is 214 g/mol. The summed E-state index contributed by atoms with van der Waals surface area (Å²) in [5.74, 6) is 0.913. The summed E-state index contributed by atoms with van der Waals surface area (Å²) >= 11 is 0. The number of benzene rings is 1. The van der Waals surface area contributed by atoms with E-state index in [1.165, 1.54) is 0 Å². The molecule has 1 aromatic carbocycles. The minimum atomic E-state index is 0.609. The number of nitrogens with one attached hydrogen (secondary N) is 1. The fourth-order valence-electron chi connectivity index (χ4n) is 2.03. The first-order chi connectivity index (χ1) is 8.38. The molecule has 0 saturated carbocycles. The number of rotatable bonds is 2. The van der Waals surface area contributed by atoms with Crippen LogP contribution in [0.5, 0.6) is 5.75 Å². The molecule has 2 aromatic rings. The Morgan fingerprint density at radius 3 is 2.88 bits per heavy atom. The van der Waals surface area contributed by atoms with Crippen LogP contribution in [0.1, 0.15) is 5.56 Å². The first kappa shape index (κ1) is 10.0. The van der Waals surface area contributed by atoms with E-state index in [1.807, 2.05) is 25.3 Å². The van der Waals surface area contributed by atoms with Gasteiger partial charge >= 0.3 is 0 Å². The van der Waals surface area contributed by atoms with Crippen LogP contribution in [0, 0.1) is 0 Å². The molecule has 0 radical (unpaired) electrons. The molecule has 0 bridgehead atoms. The van der Waals surface area contributed by atoms with Gasteiger partial charge in [-0.15, -0.1) is 0 Å². The topological polar surface area (TPSA) is 34.4 Å². The van der Waals surface area contributed by atoms with Gasteiger partial charge in [-0.25, -0.2) is 0 Å². The predicted molar refractivity (Wildman–Crippen MR) is 66.7 cm³/mol. The van der Waals surface area contributed by atoms with Crippen molar-refractivity contribution in [1.82, 2.24) is 5.32 Å². The Balaban J connectivity index is 2.06. The Kier molecular flexibility index (Phi) is 2.37. The molecule has 0 amide bonds. The maximum Gasteiger partial charge on any atom is 0.129 e. The first-order valence-electron chi connectivity index (χ1n) is 5.56. The van der Waals surface area contributed by atoms with E-state index in [1.54, 1.807) is 12.5 Å². The number of furan rings is 1. The zero-order valence-corrected chi connectivity index (χ0v) is 9.57. The van der Waals surface area contributed by atoms with Gasteiger partial charge in [-0.05, 0) is 29.8 Å². The van der Waals surface area contributed by atoms with E-state index in [2.05, 4.69) is 17.4 Å². The largest absolute Gasteiger partial charge is 0.489 e. The Hall–Kier alpha value is -2.16. The molecule has 0 unspecified atom stereocenters. The van der Waals surface area contributed by atoms with Crippen molar-refractivity contribution < 1.29 is 9.15 Å². The Labute approximate surface area is 99.7 Å². The van der Waals surface area contributed by atoms with Crippen LogP contribution in [0.25, 0.3) is 16.8 Å². The average molecular weight is 227 g/mol. The van der Waals surface area contributed by atoms with E-state index in [-0.39, 0.29) is 0 Å². The van der Waals surface area contributed by atoms with Gasteiger partial charge in [0, 0.05) is 23.9 Å². The van der Waals surface area contributed by atoms with E-state index in [4.69, 9.17) is 9.15 Å². The normalized spacial score (nSPS) is 13.6. The summed E-state index contributed by atoms with van der Waals surface area (Å²) in [7, 11) is 1.92. The van der Waals surface area contributed by atoms with Gasteiger partial charge in [-0.1, -0.05) is 6.07 Å². The van der Waals surface area contributed by atoms with Gasteiger partial charge in [0.05, 0.1) is 12.5 Å². The van der Waals surface area contributed by atoms with Gasteiger partial charge in [0.15, 0.2) is 0 Å². The molecule has 3 heteroatoms. The number of hydrogen-bond acceptors (Lipinski definition) is 3. The zero-order valence-electron chi connectivity index (χ0n) is 9.57. The standard InChI is InChI=1S/C14H13NO2/c1-15-13-5-7-17-14-8-10(2-3-12(13)14)11-4-6-16-9-11/h2-6,8-9,15H,7H2,1H3. The fraction of sp³-hybridized carbons (Fsp3) is 0.143. The molecule has 3 rings (SSSR count). The van der Waals surface area contributed by atoms with Crippen molar-refractivity contribution in [2.75, 3.05) is 13.7 Å². The van der Waals surface area contributed by atoms with Crippen molar-refractivity contribution in [3.63, 3.8) is 0 Å². The summed E-state index contributed by atoms with van der Waals surface area (Å²) in [5, 5.41) is 3.18. The molecule has 1 aromatic heterocycles. The van der Waals surface area contributed by atoms with E-state index in [0.717, 1.165) is 28.1 Å². The van der Waals surface area contributed by atoms with E-state index >= 15 is 0 Å². The second-order valence-corrected chi connectivity index (χ2v) is 3.90. The van der Waals surface area contributed by atoms with Crippen molar-refractivity contribution >= 4 is 5.70 Å². The van der Waals surface area contributed by atoms with Crippen LogP contribution >= 0.6 is 0 Å². The Morgan fingerprint density at radius 1 is 1.18 bits per heavy atom. The number of ether oxygens (including phenoxy) is 1. The van der Waals surface area contributed by atoms with Crippen molar-refractivity contribution in [2.45, 2.75) is 0 Å². The molecule has 1 N–H and O–H groups in total. The van der Waals surface area contributed by atoms with E-state index < -0.39 is 0 Å². The average Bonchev–Trinajstić information content (AvgIpc) is 2.91. The van der Waals surface area contributed by atoms with Crippen LogP contribution in [-0.2, 0) is 0 Å². The van der Waals surface area contributed by atoms with Gasteiger partial charge in [-0.3, -0.25) is 0 Å². The minimum Gasteiger partial charge on any atom is -0.489 e. The van der Waals surface area contributed by atoms with Gasteiger partial charge in [0.2, 0.25) is 0 Å². The van der Waals surface area contributed by atoms with Crippen molar-refractivity contribution in [3.05, 3.63) is 48.4 Å².